The summed E-state index contributed by atoms with van der Waals surface area (Å²) in [5.74, 6) is 0.809. The molecule has 3 N–H and O–H groups in total. The molecule has 0 spiro atoms. The largest absolute Gasteiger partial charge is 0.497 e. The highest BCUT2D eigenvalue weighted by atomic mass is 16.5. The average molecular weight is 459 g/mol. The summed E-state index contributed by atoms with van der Waals surface area (Å²) < 4.78 is 6.89. The van der Waals surface area contributed by atoms with Gasteiger partial charge in [-0.25, -0.2) is 4.98 Å². The lowest BCUT2D eigenvalue weighted by Crippen LogP contribution is -2.36. The predicted molar refractivity (Wildman–Crippen MR) is 129 cm³/mol. The quantitative estimate of drug-likeness (QED) is 0.392. The first-order valence-electron chi connectivity index (χ1n) is 11.2. The fourth-order valence-electron chi connectivity index (χ4n) is 4.47. The number of carbonyl (C=O) groups is 1. The number of fused-ring (bicyclic) bond motifs is 2. The summed E-state index contributed by atoms with van der Waals surface area (Å²) in [4.78, 5) is 37.9. The van der Waals surface area contributed by atoms with E-state index >= 15 is 0 Å². The average Bonchev–Trinajstić information content (AvgIpc) is 3.46. The van der Waals surface area contributed by atoms with Gasteiger partial charge in [0.05, 0.1) is 13.7 Å². The van der Waals surface area contributed by atoms with Crippen molar-refractivity contribution in [2.45, 2.75) is 38.9 Å². The van der Waals surface area contributed by atoms with E-state index in [0.717, 1.165) is 39.2 Å². The van der Waals surface area contributed by atoms with Crippen molar-refractivity contribution < 1.29 is 9.53 Å². The number of carbonyl (C=O) groups excluding carboxylic acids is 1. The number of aromatic amines is 1. The van der Waals surface area contributed by atoms with Crippen LogP contribution in [0.1, 0.15) is 35.0 Å². The highest BCUT2D eigenvalue weighted by Gasteiger charge is 2.30. The van der Waals surface area contributed by atoms with E-state index in [0.29, 0.717) is 25.9 Å². The van der Waals surface area contributed by atoms with Gasteiger partial charge < -0.3 is 20.4 Å². The van der Waals surface area contributed by atoms with Crippen LogP contribution in [0.5, 0.6) is 5.75 Å². The summed E-state index contributed by atoms with van der Waals surface area (Å²) in [6, 6.07) is 9.18. The van der Waals surface area contributed by atoms with Crippen molar-refractivity contribution in [3.8, 4) is 5.75 Å². The fraction of sp³-hybridized carbons (Fsp3) is 0.280. The third-order valence-electron chi connectivity index (χ3n) is 6.10. The molecule has 0 aliphatic carbocycles. The van der Waals surface area contributed by atoms with E-state index < -0.39 is 6.04 Å². The Kier molecular flexibility index (Phi) is 5.75. The Bertz CT molecular complexity index is 1390. The molecule has 9 heteroatoms. The molecule has 9 nitrogen and oxygen atoms in total. The minimum atomic E-state index is -0.559. The van der Waals surface area contributed by atoms with Gasteiger partial charge in [0.15, 0.2) is 5.82 Å². The second kappa shape index (κ2) is 9.01. The minimum absolute atomic E-state index is 0.182. The monoisotopic (exact) mass is 458 g/mol. The van der Waals surface area contributed by atoms with Crippen LogP contribution < -0.4 is 20.9 Å². The number of aryl methyl sites for hydroxylation is 2. The van der Waals surface area contributed by atoms with Gasteiger partial charge in [-0.15, -0.1) is 0 Å². The molecule has 0 radical (unpaired) electrons. The molecule has 4 heterocycles. The number of ether oxygens (including phenoxy) is 1. The maximum Gasteiger partial charge on any atom is 0.294 e. The van der Waals surface area contributed by atoms with Crippen molar-refractivity contribution in [1.29, 1.82) is 0 Å². The molecular formula is C25H26N6O3. The van der Waals surface area contributed by atoms with Gasteiger partial charge in [-0.05, 0) is 55.2 Å². The SMILES string of the molecule is COc1cc(C)cc(CNc2ncc3n(c2=O)[C@@H](C(=O)NCc2cc4cnccc4[nH]2)CC3)c1. The van der Waals surface area contributed by atoms with Crippen LogP contribution in [0.15, 0.2) is 53.7 Å². The second-order valence-electron chi connectivity index (χ2n) is 8.52. The van der Waals surface area contributed by atoms with Crippen LogP contribution >= 0.6 is 0 Å². The van der Waals surface area contributed by atoms with E-state index in [4.69, 9.17) is 4.74 Å². The van der Waals surface area contributed by atoms with Gasteiger partial charge >= 0.3 is 0 Å². The van der Waals surface area contributed by atoms with Crippen molar-refractivity contribution >= 4 is 22.6 Å². The van der Waals surface area contributed by atoms with E-state index in [1.54, 1.807) is 30.3 Å². The van der Waals surface area contributed by atoms with Gasteiger partial charge in [0.1, 0.15) is 11.8 Å². The molecule has 1 atom stereocenters. The standard InChI is InChI=1S/C25H26N6O3/c1-15-7-16(9-20(8-15)34-2)11-27-23-25(33)31-19(14-28-23)3-4-22(31)24(32)29-13-18-10-17-12-26-6-5-21(17)30-18/h5-10,12,14,22,30H,3-4,11,13H2,1-2H3,(H,27,28)(H,29,32)/t22-/m1/s1. The fourth-order valence-corrected chi connectivity index (χ4v) is 4.47. The predicted octanol–water partition coefficient (Wildman–Crippen LogP) is 2.85. The lowest BCUT2D eigenvalue weighted by molar-refractivity contribution is -0.124. The van der Waals surface area contributed by atoms with Crippen LogP contribution in [0.2, 0.25) is 0 Å². The zero-order valence-corrected chi connectivity index (χ0v) is 19.1. The van der Waals surface area contributed by atoms with Gasteiger partial charge in [-0.2, -0.15) is 0 Å². The molecule has 5 rings (SSSR count). The summed E-state index contributed by atoms with van der Waals surface area (Å²) >= 11 is 0. The summed E-state index contributed by atoms with van der Waals surface area (Å²) in [7, 11) is 1.63. The smallest absolute Gasteiger partial charge is 0.294 e. The molecule has 4 aromatic rings. The first kappa shape index (κ1) is 21.7. The van der Waals surface area contributed by atoms with Crippen molar-refractivity contribution in [3.05, 3.63) is 81.8 Å². The molecule has 1 amide bonds. The first-order chi connectivity index (χ1) is 16.5. The number of H-pyrrole nitrogens is 1. The third-order valence-corrected chi connectivity index (χ3v) is 6.10. The Morgan fingerprint density at radius 2 is 2.12 bits per heavy atom. The summed E-state index contributed by atoms with van der Waals surface area (Å²) in [6.07, 6.45) is 6.38. The third kappa shape index (κ3) is 4.24. The number of amides is 1. The van der Waals surface area contributed by atoms with Crippen molar-refractivity contribution in [1.82, 2.24) is 24.8 Å². The minimum Gasteiger partial charge on any atom is -0.497 e. The number of hydrogen-bond acceptors (Lipinski definition) is 6. The number of rotatable bonds is 7. The maximum absolute atomic E-state index is 13.2. The lowest BCUT2D eigenvalue weighted by Gasteiger charge is -2.16. The Labute approximate surface area is 196 Å². The van der Waals surface area contributed by atoms with Crippen molar-refractivity contribution in [2.24, 2.45) is 0 Å². The van der Waals surface area contributed by atoms with Crippen LogP contribution in [-0.4, -0.2) is 32.5 Å². The lowest BCUT2D eigenvalue weighted by atomic mass is 10.1. The number of benzene rings is 1. The number of anilines is 1. The maximum atomic E-state index is 13.2. The molecule has 1 aliphatic heterocycles. The molecule has 0 bridgehead atoms. The second-order valence-corrected chi connectivity index (χ2v) is 8.52. The molecule has 0 fully saturated rings. The molecule has 3 aromatic heterocycles. The van der Waals surface area contributed by atoms with Crippen molar-refractivity contribution in [2.75, 3.05) is 12.4 Å². The van der Waals surface area contributed by atoms with Crippen LogP contribution in [-0.2, 0) is 24.3 Å². The van der Waals surface area contributed by atoms with Gasteiger partial charge in [0.25, 0.3) is 5.56 Å². The van der Waals surface area contributed by atoms with Crippen molar-refractivity contribution in [3.63, 3.8) is 0 Å². The summed E-state index contributed by atoms with van der Waals surface area (Å²) in [5.41, 5.74) is 4.38. The highest BCUT2D eigenvalue weighted by molar-refractivity contribution is 5.82. The normalized spacial score (nSPS) is 14.7. The summed E-state index contributed by atoms with van der Waals surface area (Å²) in [6.45, 7) is 2.76. The van der Waals surface area contributed by atoms with Crippen LogP contribution in [0.4, 0.5) is 5.82 Å². The number of methoxy groups -OCH3 is 1. The molecular weight excluding hydrogens is 432 g/mol. The van der Waals surface area contributed by atoms with Gasteiger partial charge in [-0.3, -0.25) is 19.1 Å². The topological polar surface area (TPSA) is 114 Å². The van der Waals surface area contributed by atoms with Crippen LogP contribution in [0.25, 0.3) is 10.9 Å². The van der Waals surface area contributed by atoms with E-state index in [2.05, 4.69) is 25.6 Å². The molecule has 34 heavy (non-hydrogen) atoms. The Morgan fingerprint density at radius 3 is 2.94 bits per heavy atom. The first-order valence-corrected chi connectivity index (χ1v) is 11.2. The number of aromatic nitrogens is 4. The molecule has 0 saturated carbocycles. The number of pyridine rings is 1. The zero-order valence-electron chi connectivity index (χ0n) is 19.1. The Hall–Kier alpha value is -4.14. The molecule has 0 saturated heterocycles. The molecule has 1 aliphatic rings. The van der Waals surface area contributed by atoms with E-state index in [-0.39, 0.29) is 17.3 Å². The summed E-state index contributed by atoms with van der Waals surface area (Å²) in [5, 5.41) is 7.08. The van der Waals surface area contributed by atoms with Gasteiger partial charge in [-0.1, -0.05) is 6.07 Å². The number of nitrogens with one attached hydrogen (secondary N) is 3. The van der Waals surface area contributed by atoms with E-state index in [9.17, 15) is 9.59 Å². The van der Waals surface area contributed by atoms with Crippen LogP contribution in [0, 0.1) is 6.92 Å². The number of nitrogens with zero attached hydrogens (tertiary/aromatic N) is 3. The highest BCUT2D eigenvalue weighted by Crippen LogP contribution is 2.24. The molecule has 1 aromatic carbocycles. The number of hydrogen-bond donors (Lipinski definition) is 3. The van der Waals surface area contributed by atoms with E-state index in [1.807, 2.05) is 37.3 Å². The molecule has 0 unspecified atom stereocenters. The van der Waals surface area contributed by atoms with Crippen LogP contribution in [0.3, 0.4) is 0 Å². The Morgan fingerprint density at radius 1 is 1.24 bits per heavy atom. The van der Waals surface area contributed by atoms with Gasteiger partial charge in [0, 0.05) is 47.4 Å². The Balaban J connectivity index is 1.30. The zero-order chi connectivity index (χ0) is 23.7. The molecule has 174 valence electrons. The van der Waals surface area contributed by atoms with Gasteiger partial charge in [0.2, 0.25) is 5.91 Å². The van der Waals surface area contributed by atoms with E-state index in [1.165, 1.54) is 0 Å².